The lowest BCUT2D eigenvalue weighted by molar-refractivity contribution is 0.252. The Bertz CT molecular complexity index is 988. The number of hydrogen-bond acceptors (Lipinski definition) is 6. The molecule has 0 spiro atoms. The van der Waals surface area contributed by atoms with Crippen molar-refractivity contribution in [3.63, 3.8) is 0 Å². The van der Waals surface area contributed by atoms with E-state index in [9.17, 15) is 13.2 Å². The van der Waals surface area contributed by atoms with E-state index in [1.165, 1.54) is 18.3 Å². The molecule has 1 aromatic carbocycles. The van der Waals surface area contributed by atoms with Crippen molar-refractivity contribution in [1.82, 2.24) is 10.3 Å². The van der Waals surface area contributed by atoms with Crippen molar-refractivity contribution < 1.29 is 13.2 Å². The first-order chi connectivity index (χ1) is 15.8. The lowest BCUT2D eigenvalue weighted by Gasteiger charge is -2.40. The van der Waals surface area contributed by atoms with Gasteiger partial charge >= 0.3 is 0 Å². The molecule has 0 atom stereocenters. The fraction of sp³-hybridized carbons (Fsp3) is 0.391. The average Bonchev–Trinajstić information content (AvgIpc) is 2.80. The molecular weight excluding hydrogens is 431 g/mol. The van der Waals surface area contributed by atoms with Crippen molar-refractivity contribution in [3.05, 3.63) is 65.9 Å². The summed E-state index contributed by atoms with van der Waals surface area (Å²) in [5.74, 6) is -2.27. The highest BCUT2D eigenvalue weighted by atomic mass is 19.2. The second-order valence-electron chi connectivity index (χ2n) is 8.25. The smallest absolute Gasteiger partial charge is 0.214 e. The lowest BCUT2D eigenvalue weighted by atomic mass is 9.79. The van der Waals surface area contributed by atoms with E-state index in [1.807, 2.05) is 0 Å². The van der Waals surface area contributed by atoms with Gasteiger partial charge in [0.1, 0.15) is 5.84 Å². The molecule has 1 aromatic heterocycles. The van der Waals surface area contributed by atoms with Crippen molar-refractivity contribution in [2.75, 3.05) is 23.7 Å². The summed E-state index contributed by atoms with van der Waals surface area (Å²) in [6, 6.07) is 6.70. The summed E-state index contributed by atoms with van der Waals surface area (Å²) in [6.45, 7) is 0.742. The van der Waals surface area contributed by atoms with Gasteiger partial charge < -0.3 is 27.4 Å². The number of rotatable bonds is 9. The first-order valence-electron chi connectivity index (χ1n) is 10.9. The maximum atomic E-state index is 13.5. The predicted molar refractivity (Wildman–Crippen MR) is 124 cm³/mol. The average molecular weight is 462 g/mol. The molecule has 8 N–H and O–H groups in total. The van der Waals surface area contributed by atoms with Gasteiger partial charge in [0.15, 0.2) is 11.6 Å². The van der Waals surface area contributed by atoms with Crippen molar-refractivity contribution in [1.29, 1.82) is 5.41 Å². The highest BCUT2D eigenvalue weighted by Crippen LogP contribution is 2.30. The molecule has 1 heterocycles. The van der Waals surface area contributed by atoms with E-state index in [1.54, 1.807) is 12.3 Å². The minimum atomic E-state index is -0.878. The molecule has 0 amide bonds. The largest absolute Gasteiger partial charge is 0.384 e. The van der Waals surface area contributed by atoms with Crippen LogP contribution in [0.2, 0.25) is 0 Å². The summed E-state index contributed by atoms with van der Waals surface area (Å²) < 4.78 is 40.0. The second-order valence-corrected chi connectivity index (χ2v) is 8.25. The van der Waals surface area contributed by atoms with Crippen molar-refractivity contribution in [2.24, 2.45) is 11.5 Å². The van der Waals surface area contributed by atoms with Crippen LogP contribution in [0, 0.1) is 23.0 Å². The molecule has 0 unspecified atom stereocenters. The van der Waals surface area contributed by atoms with Crippen LogP contribution in [-0.2, 0) is 0 Å². The monoisotopic (exact) mass is 461 g/mol. The Morgan fingerprint density at radius 1 is 1.09 bits per heavy atom. The Balaban J connectivity index is 1.61. The molecule has 1 saturated carbocycles. The molecule has 10 heteroatoms. The van der Waals surface area contributed by atoms with Crippen LogP contribution < -0.4 is 27.4 Å². The minimum absolute atomic E-state index is 0.111. The van der Waals surface area contributed by atoms with Gasteiger partial charge in [0.25, 0.3) is 0 Å². The number of nitrogens with zero attached hydrogens (tertiary/aromatic N) is 1. The third kappa shape index (κ3) is 6.69. The van der Waals surface area contributed by atoms with Gasteiger partial charge in [-0.15, -0.1) is 0 Å². The van der Waals surface area contributed by atoms with E-state index in [0.717, 1.165) is 37.8 Å². The number of amidine groups is 1. The summed E-state index contributed by atoms with van der Waals surface area (Å²) >= 11 is 0. The van der Waals surface area contributed by atoms with Crippen LogP contribution in [0.5, 0.6) is 0 Å². The standard InChI is InChI=1S/C23H30F3N7/c24-19-2-1-17(11-20(19)25)32-16-3-7-23(14-28,8-4-16)31-13-15(5-9-27)22(29)33-18-6-10-30-21(26)12-18/h1-2,6,10-13,16,31-32H,3-5,7-9,14,27-28H2,(H2,29,30,33)/b15-13-. The number of pyridine rings is 1. The van der Waals surface area contributed by atoms with Gasteiger partial charge in [0.05, 0.1) is 0 Å². The van der Waals surface area contributed by atoms with Crippen LogP contribution in [0.15, 0.2) is 48.3 Å². The van der Waals surface area contributed by atoms with E-state index in [-0.39, 0.29) is 17.4 Å². The lowest BCUT2D eigenvalue weighted by Crippen LogP contribution is -2.53. The van der Waals surface area contributed by atoms with E-state index in [0.29, 0.717) is 36.5 Å². The molecule has 178 valence electrons. The second kappa shape index (κ2) is 11.2. The maximum absolute atomic E-state index is 13.5. The number of nitrogens with two attached hydrogens (primary N) is 2. The Hall–Kier alpha value is -3.11. The third-order valence-corrected chi connectivity index (χ3v) is 5.91. The van der Waals surface area contributed by atoms with Gasteiger partial charge in [-0.3, -0.25) is 5.41 Å². The van der Waals surface area contributed by atoms with Crippen molar-refractivity contribution in [2.45, 2.75) is 43.7 Å². The quantitative estimate of drug-likeness (QED) is 0.193. The minimum Gasteiger partial charge on any atom is -0.384 e. The predicted octanol–water partition coefficient (Wildman–Crippen LogP) is 3.46. The maximum Gasteiger partial charge on any atom is 0.214 e. The Kier molecular flexibility index (Phi) is 8.29. The zero-order valence-electron chi connectivity index (χ0n) is 18.3. The van der Waals surface area contributed by atoms with Crippen LogP contribution in [0.25, 0.3) is 0 Å². The number of halogens is 3. The Morgan fingerprint density at radius 2 is 1.85 bits per heavy atom. The third-order valence-electron chi connectivity index (χ3n) is 5.91. The molecule has 7 nitrogen and oxygen atoms in total. The van der Waals surface area contributed by atoms with Crippen LogP contribution in [0.1, 0.15) is 32.1 Å². The van der Waals surface area contributed by atoms with Crippen LogP contribution >= 0.6 is 0 Å². The summed E-state index contributed by atoms with van der Waals surface area (Å²) in [5, 5.41) is 17.9. The van der Waals surface area contributed by atoms with Crippen molar-refractivity contribution >= 4 is 17.2 Å². The molecule has 0 radical (unpaired) electrons. The molecule has 0 aliphatic heterocycles. The van der Waals surface area contributed by atoms with Gasteiger partial charge in [-0.25, -0.2) is 13.8 Å². The number of hydrogen-bond donors (Lipinski definition) is 6. The van der Waals surface area contributed by atoms with Gasteiger partial charge in [-0.2, -0.15) is 4.39 Å². The first kappa shape index (κ1) is 24.5. The van der Waals surface area contributed by atoms with Crippen LogP contribution in [0.3, 0.4) is 0 Å². The van der Waals surface area contributed by atoms with Crippen LogP contribution in [-0.4, -0.2) is 35.5 Å². The van der Waals surface area contributed by atoms with Gasteiger partial charge in [0, 0.05) is 59.6 Å². The number of nitrogens with one attached hydrogen (secondary N) is 4. The molecule has 33 heavy (non-hydrogen) atoms. The van der Waals surface area contributed by atoms with E-state index in [4.69, 9.17) is 16.9 Å². The van der Waals surface area contributed by atoms with Gasteiger partial charge in [-0.05, 0) is 56.8 Å². The molecular formula is C23H30F3N7. The summed E-state index contributed by atoms with van der Waals surface area (Å²) in [6.07, 6.45) is 6.63. The Morgan fingerprint density at radius 3 is 2.48 bits per heavy atom. The topological polar surface area (TPSA) is 125 Å². The molecule has 1 aliphatic rings. The summed E-state index contributed by atoms with van der Waals surface area (Å²) in [5.41, 5.74) is 13.1. The summed E-state index contributed by atoms with van der Waals surface area (Å²) in [4.78, 5) is 3.51. The summed E-state index contributed by atoms with van der Waals surface area (Å²) in [7, 11) is 0. The highest BCUT2D eigenvalue weighted by molar-refractivity contribution is 6.05. The van der Waals surface area contributed by atoms with E-state index in [2.05, 4.69) is 20.9 Å². The van der Waals surface area contributed by atoms with Crippen molar-refractivity contribution in [3.8, 4) is 0 Å². The Labute approximate surface area is 191 Å². The van der Waals surface area contributed by atoms with E-state index >= 15 is 0 Å². The normalized spacial score (nSPS) is 20.9. The SMILES string of the molecule is N=C(Nc1ccnc(F)c1)/C(=C\NC1(CN)CCC(Nc2ccc(F)c(F)c2)CC1)CCN. The van der Waals surface area contributed by atoms with E-state index < -0.39 is 17.6 Å². The number of anilines is 2. The fourth-order valence-corrected chi connectivity index (χ4v) is 3.91. The van der Waals surface area contributed by atoms with Gasteiger partial charge in [0.2, 0.25) is 5.95 Å². The van der Waals surface area contributed by atoms with Gasteiger partial charge in [-0.1, -0.05) is 0 Å². The first-order valence-corrected chi connectivity index (χ1v) is 10.9. The van der Waals surface area contributed by atoms with Crippen LogP contribution in [0.4, 0.5) is 24.5 Å². The molecule has 3 rings (SSSR count). The molecule has 2 aromatic rings. The zero-order chi connectivity index (χ0) is 23.8. The fourth-order valence-electron chi connectivity index (χ4n) is 3.91. The zero-order valence-corrected chi connectivity index (χ0v) is 18.3. The number of aromatic nitrogens is 1. The highest BCUT2D eigenvalue weighted by Gasteiger charge is 2.33. The molecule has 0 bridgehead atoms. The number of benzene rings is 1. The molecule has 0 saturated heterocycles. The molecule has 1 fully saturated rings. The molecule has 1 aliphatic carbocycles.